The summed E-state index contributed by atoms with van der Waals surface area (Å²) >= 11 is 1.58. The van der Waals surface area contributed by atoms with E-state index in [2.05, 4.69) is 43.0 Å². The molecule has 4 aromatic heterocycles. The minimum absolute atomic E-state index is 0.00988. The highest BCUT2D eigenvalue weighted by Gasteiger charge is 2.24. The van der Waals surface area contributed by atoms with Crippen molar-refractivity contribution < 1.29 is 13.9 Å². The van der Waals surface area contributed by atoms with Gasteiger partial charge in [-0.05, 0) is 86.3 Å². The molecule has 0 saturated carbocycles. The molecule has 1 aliphatic rings. The summed E-state index contributed by atoms with van der Waals surface area (Å²) in [5, 5.41) is 8.25. The van der Waals surface area contributed by atoms with E-state index in [0.29, 0.717) is 23.6 Å². The largest absolute Gasteiger partial charge is 0.421 e. The van der Waals surface area contributed by atoms with Gasteiger partial charge in [-0.2, -0.15) is 5.10 Å². The van der Waals surface area contributed by atoms with Gasteiger partial charge in [-0.3, -0.25) is 9.48 Å². The molecule has 6 aromatic rings. The number of nitrogen functional groups attached to an aromatic ring is 1. The molecule has 7 rings (SSSR count). The number of nitrogens with one attached hydrogen (secondary N) is 1. The first-order valence-electron chi connectivity index (χ1n) is 16.5. The number of likely N-dealkylation sites (tertiary alicyclic amines) is 1. The summed E-state index contributed by atoms with van der Waals surface area (Å²) in [6, 6.07) is 12.7. The van der Waals surface area contributed by atoms with Crippen molar-refractivity contribution >= 4 is 33.1 Å². The molecule has 0 aliphatic carbocycles. The van der Waals surface area contributed by atoms with E-state index in [1.54, 1.807) is 35.9 Å². The lowest BCUT2D eigenvalue weighted by Gasteiger charge is -2.13. The molecule has 2 aromatic carbocycles. The number of pyridine rings is 1. The number of hydrogen-bond donors (Lipinski definition) is 2. The van der Waals surface area contributed by atoms with E-state index >= 15 is 4.39 Å². The number of ether oxygens (including phenoxy) is 1. The molecule has 0 bridgehead atoms. The molecule has 0 atom stereocenters. The van der Waals surface area contributed by atoms with Crippen LogP contribution in [0.3, 0.4) is 0 Å². The SMILES string of the molecule is C=CC(=O)NCc1ccc(-c2sc3c(-c4cnn(CCN5CCCC5)c4)cnc(N)c3c2-c2ccc(Oc3nccc(C)n3)c(F)c2)c(C)c1. The van der Waals surface area contributed by atoms with Crippen LogP contribution in [0.2, 0.25) is 0 Å². The highest BCUT2D eigenvalue weighted by molar-refractivity contribution is 7.23. The van der Waals surface area contributed by atoms with Crippen LogP contribution in [0.1, 0.15) is 29.7 Å². The van der Waals surface area contributed by atoms with Crippen molar-refractivity contribution in [1.82, 2.24) is 34.9 Å². The summed E-state index contributed by atoms with van der Waals surface area (Å²) in [5.74, 6) is -0.449. The zero-order valence-electron chi connectivity index (χ0n) is 27.9. The number of nitrogens with zero attached hydrogens (tertiary/aromatic N) is 6. The van der Waals surface area contributed by atoms with Crippen molar-refractivity contribution in [2.24, 2.45) is 0 Å². The van der Waals surface area contributed by atoms with E-state index in [1.807, 2.05) is 49.0 Å². The van der Waals surface area contributed by atoms with Crippen molar-refractivity contribution in [3.05, 3.63) is 103 Å². The van der Waals surface area contributed by atoms with Crippen LogP contribution in [0.4, 0.5) is 10.2 Å². The number of anilines is 1. The van der Waals surface area contributed by atoms with Crippen LogP contribution >= 0.6 is 11.3 Å². The summed E-state index contributed by atoms with van der Waals surface area (Å²) in [5.41, 5.74) is 13.5. The number of aryl methyl sites for hydroxylation is 2. The Kier molecular flexibility index (Phi) is 9.38. The fraction of sp³-hybridized carbons (Fsp3) is 0.237. The van der Waals surface area contributed by atoms with Gasteiger partial charge in [0.2, 0.25) is 5.91 Å². The molecule has 0 radical (unpaired) electrons. The minimum atomic E-state index is -0.565. The molecule has 254 valence electrons. The second-order valence-corrected chi connectivity index (χ2v) is 13.4. The summed E-state index contributed by atoms with van der Waals surface area (Å²) in [7, 11) is 0. The molecule has 1 saturated heterocycles. The quantitative estimate of drug-likeness (QED) is 0.136. The Balaban J connectivity index is 1.33. The van der Waals surface area contributed by atoms with E-state index in [-0.39, 0.29) is 17.7 Å². The first-order valence-corrected chi connectivity index (χ1v) is 17.3. The average molecular weight is 689 g/mol. The third-order valence-corrected chi connectivity index (χ3v) is 10.2. The zero-order valence-corrected chi connectivity index (χ0v) is 28.8. The predicted octanol–water partition coefficient (Wildman–Crippen LogP) is 7.31. The smallest absolute Gasteiger partial charge is 0.322 e. The number of aromatic nitrogens is 5. The van der Waals surface area contributed by atoms with Gasteiger partial charge < -0.3 is 20.7 Å². The Bertz CT molecular complexity index is 2220. The lowest BCUT2D eigenvalue weighted by atomic mass is 9.95. The minimum Gasteiger partial charge on any atom is -0.421 e. The monoisotopic (exact) mass is 688 g/mol. The maximum absolute atomic E-state index is 15.8. The number of benzene rings is 2. The molecule has 12 heteroatoms. The van der Waals surface area contributed by atoms with Crippen molar-refractivity contribution in [2.75, 3.05) is 25.4 Å². The predicted molar refractivity (Wildman–Crippen MR) is 195 cm³/mol. The molecule has 5 heterocycles. The van der Waals surface area contributed by atoms with Gasteiger partial charge in [0.15, 0.2) is 11.6 Å². The summed E-state index contributed by atoms with van der Waals surface area (Å²) in [4.78, 5) is 28.2. The van der Waals surface area contributed by atoms with Crippen molar-refractivity contribution in [3.63, 3.8) is 0 Å². The summed E-state index contributed by atoms with van der Waals surface area (Å²) in [6.45, 7) is 11.8. The number of halogens is 1. The van der Waals surface area contributed by atoms with Gasteiger partial charge in [0.05, 0.1) is 12.7 Å². The van der Waals surface area contributed by atoms with E-state index in [4.69, 9.17) is 10.5 Å². The number of fused-ring (bicyclic) bond motifs is 1. The Morgan fingerprint density at radius 2 is 1.90 bits per heavy atom. The molecule has 1 fully saturated rings. The number of carbonyl (C=O) groups is 1. The van der Waals surface area contributed by atoms with Crippen LogP contribution < -0.4 is 15.8 Å². The molecule has 1 aliphatic heterocycles. The van der Waals surface area contributed by atoms with E-state index in [1.165, 1.54) is 25.0 Å². The van der Waals surface area contributed by atoms with Crippen LogP contribution in [-0.4, -0.2) is 55.2 Å². The fourth-order valence-corrected chi connectivity index (χ4v) is 7.79. The van der Waals surface area contributed by atoms with Gasteiger partial charge in [0.1, 0.15) is 5.82 Å². The normalized spacial score (nSPS) is 13.2. The maximum Gasteiger partial charge on any atom is 0.322 e. The van der Waals surface area contributed by atoms with E-state index < -0.39 is 5.82 Å². The van der Waals surface area contributed by atoms with Gasteiger partial charge in [-0.15, -0.1) is 11.3 Å². The van der Waals surface area contributed by atoms with Gasteiger partial charge in [0, 0.05) is 69.0 Å². The van der Waals surface area contributed by atoms with Crippen LogP contribution in [0.15, 0.2) is 79.9 Å². The molecule has 1 amide bonds. The molecule has 0 spiro atoms. The molecule has 3 N–H and O–H groups in total. The van der Waals surface area contributed by atoms with Crippen LogP contribution in [0.5, 0.6) is 11.8 Å². The number of hydrogen-bond acceptors (Lipinski definition) is 9. The van der Waals surface area contributed by atoms with Crippen LogP contribution in [-0.2, 0) is 17.9 Å². The number of carbonyl (C=O) groups excluding carboxylic acids is 1. The lowest BCUT2D eigenvalue weighted by Crippen LogP contribution is -2.24. The Hall–Kier alpha value is -5.46. The highest BCUT2D eigenvalue weighted by Crippen LogP contribution is 2.50. The second kappa shape index (κ2) is 14.2. The van der Waals surface area contributed by atoms with Gasteiger partial charge in [0.25, 0.3) is 0 Å². The second-order valence-electron chi connectivity index (χ2n) is 12.4. The summed E-state index contributed by atoms with van der Waals surface area (Å²) in [6.07, 6.45) is 11.0. The van der Waals surface area contributed by atoms with Crippen LogP contribution in [0, 0.1) is 19.7 Å². The fourth-order valence-electron chi connectivity index (χ4n) is 6.33. The molecule has 0 unspecified atom stereocenters. The van der Waals surface area contributed by atoms with Crippen molar-refractivity contribution in [3.8, 4) is 44.5 Å². The lowest BCUT2D eigenvalue weighted by molar-refractivity contribution is -0.116. The van der Waals surface area contributed by atoms with Gasteiger partial charge >= 0.3 is 6.01 Å². The molecular weight excluding hydrogens is 652 g/mol. The first kappa shape index (κ1) is 33.1. The van der Waals surface area contributed by atoms with Gasteiger partial charge in [-0.1, -0.05) is 30.8 Å². The Morgan fingerprint density at radius 3 is 2.66 bits per heavy atom. The third kappa shape index (κ3) is 6.85. The topological polar surface area (TPSA) is 124 Å². The van der Waals surface area contributed by atoms with Crippen molar-refractivity contribution in [1.29, 1.82) is 0 Å². The average Bonchev–Trinajstić information content (AvgIpc) is 3.88. The van der Waals surface area contributed by atoms with Crippen LogP contribution in [0.25, 0.3) is 42.8 Å². The third-order valence-electron chi connectivity index (χ3n) is 8.91. The molecular formula is C38H37FN8O2S. The molecule has 50 heavy (non-hydrogen) atoms. The van der Waals surface area contributed by atoms with E-state index in [0.717, 1.165) is 74.5 Å². The zero-order chi connectivity index (χ0) is 34.8. The first-order chi connectivity index (χ1) is 24.3. The van der Waals surface area contributed by atoms with Gasteiger partial charge in [-0.25, -0.2) is 19.3 Å². The Morgan fingerprint density at radius 1 is 1.06 bits per heavy atom. The number of nitrogens with two attached hydrogens (primary N) is 1. The number of amides is 1. The standard InChI is InChI=1S/C38H37FN8O2S/c1-4-32(48)42-19-25-7-9-28(23(2)17-25)35-33(26-8-10-31(30(39)18-26)49-38-41-12-11-24(3)45-38)34-36(50-35)29(21-43-37(34)40)27-20-44-47(22-27)16-15-46-13-5-6-14-46/h4,7-12,17-18,20-22H,1,5-6,13-16,19H2,2-3H3,(H2,40,43)(H,42,48). The number of thiophene rings is 1. The summed E-state index contributed by atoms with van der Waals surface area (Å²) < 4.78 is 24.5. The Labute approximate surface area is 293 Å². The van der Waals surface area contributed by atoms with Crippen molar-refractivity contribution in [2.45, 2.75) is 39.8 Å². The highest BCUT2D eigenvalue weighted by atomic mass is 32.1. The van der Waals surface area contributed by atoms with E-state index in [9.17, 15) is 4.79 Å². The maximum atomic E-state index is 15.8. The number of rotatable bonds is 11. The molecule has 10 nitrogen and oxygen atoms in total.